The van der Waals surface area contributed by atoms with E-state index in [-0.39, 0.29) is 17.9 Å². The van der Waals surface area contributed by atoms with Crippen LogP contribution in [0.3, 0.4) is 0 Å². The number of fused-ring (bicyclic) bond motifs is 1. The van der Waals surface area contributed by atoms with Crippen molar-refractivity contribution < 1.29 is 4.79 Å². The van der Waals surface area contributed by atoms with Crippen LogP contribution >= 0.6 is 0 Å². The predicted molar refractivity (Wildman–Crippen MR) is 101 cm³/mol. The Hall–Kier alpha value is -2.68. The van der Waals surface area contributed by atoms with Crippen LogP contribution in [0.2, 0.25) is 0 Å². The van der Waals surface area contributed by atoms with E-state index in [4.69, 9.17) is 5.10 Å². The minimum absolute atomic E-state index is 0.00909. The highest BCUT2D eigenvalue weighted by molar-refractivity contribution is 6.08. The fraction of sp³-hybridized carbons (Fsp3) is 0.273. The number of carbonyl (C=O) groups is 1. The molecular weight excluding hydrogens is 308 g/mol. The van der Waals surface area contributed by atoms with Crippen molar-refractivity contribution in [1.29, 1.82) is 0 Å². The van der Waals surface area contributed by atoms with Gasteiger partial charge in [-0.3, -0.25) is 4.79 Å². The normalized spacial score (nSPS) is 24.1. The highest BCUT2D eigenvalue weighted by Gasteiger charge is 2.42. The summed E-state index contributed by atoms with van der Waals surface area (Å²) in [5.41, 5.74) is 4.73. The summed E-state index contributed by atoms with van der Waals surface area (Å²) in [5, 5.41) is 6.47. The van der Waals surface area contributed by atoms with E-state index >= 15 is 0 Å². The van der Waals surface area contributed by atoms with E-state index in [1.54, 1.807) is 11.9 Å². The monoisotopic (exact) mass is 330 g/mol. The molecule has 4 rings (SSSR count). The zero-order valence-electron chi connectivity index (χ0n) is 14.4. The molecule has 126 valence electrons. The predicted octanol–water partition coefficient (Wildman–Crippen LogP) is 4.83. The van der Waals surface area contributed by atoms with E-state index in [9.17, 15) is 4.79 Å². The van der Waals surface area contributed by atoms with Crippen molar-refractivity contribution in [2.45, 2.75) is 32.2 Å². The van der Waals surface area contributed by atoms with E-state index in [0.29, 0.717) is 0 Å². The lowest BCUT2D eigenvalue weighted by atomic mass is 9.77. The number of nitrogens with zero attached hydrogens (tertiary/aromatic N) is 2. The zero-order chi connectivity index (χ0) is 17.2. The molecule has 1 saturated carbocycles. The number of benzene rings is 2. The second-order valence-corrected chi connectivity index (χ2v) is 6.78. The quantitative estimate of drug-likeness (QED) is 0.776. The lowest BCUT2D eigenvalue weighted by Gasteiger charge is -2.29. The van der Waals surface area contributed by atoms with Gasteiger partial charge < -0.3 is 0 Å². The maximum absolute atomic E-state index is 12.2. The van der Waals surface area contributed by atoms with Crippen LogP contribution in [0, 0.1) is 5.92 Å². The van der Waals surface area contributed by atoms with Crippen LogP contribution in [0.15, 0.2) is 71.3 Å². The Balaban J connectivity index is 1.74. The van der Waals surface area contributed by atoms with Crippen LogP contribution < -0.4 is 0 Å². The first-order valence-electron chi connectivity index (χ1n) is 8.93. The SMILES string of the molecule is CC(=O)N1N=C2/C(=C\c3ccccc3)CCC[C@H]2[C@H]1c1ccccc1. The van der Waals surface area contributed by atoms with Crippen molar-refractivity contribution in [3.63, 3.8) is 0 Å². The number of amides is 1. The van der Waals surface area contributed by atoms with Crippen LogP contribution in [0.4, 0.5) is 0 Å². The number of carbonyl (C=O) groups excluding carboxylic acids is 1. The zero-order valence-corrected chi connectivity index (χ0v) is 14.4. The molecule has 0 unspecified atom stereocenters. The first-order chi connectivity index (χ1) is 12.2. The lowest BCUT2D eigenvalue weighted by Crippen LogP contribution is -2.30. The van der Waals surface area contributed by atoms with E-state index in [0.717, 1.165) is 25.0 Å². The van der Waals surface area contributed by atoms with Crippen molar-refractivity contribution in [2.24, 2.45) is 11.0 Å². The summed E-state index contributed by atoms with van der Waals surface area (Å²) >= 11 is 0. The lowest BCUT2D eigenvalue weighted by molar-refractivity contribution is -0.131. The fourth-order valence-corrected chi connectivity index (χ4v) is 4.00. The van der Waals surface area contributed by atoms with Gasteiger partial charge in [-0.1, -0.05) is 60.7 Å². The van der Waals surface area contributed by atoms with Gasteiger partial charge >= 0.3 is 0 Å². The molecule has 1 amide bonds. The van der Waals surface area contributed by atoms with Gasteiger partial charge in [0.2, 0.25) is 5.91 Å². The van der Waals surface area contributed by atoms with Gasteiger partial charge in [-0.05, 0) is 42.0 Å². The summed E-state index contributed by atoms with van der Waals surface area (Å²) in [5.74, 6) is 0.296. The number of hydrogen-bond acceptors (Lipinski definition) is 2. The third-order valence-electron chi connectivity index (χ3n) is 5.11. The summed E-state index contributed by atoms with van der Waals surface area (Å²) in [6.07, 6.45) is 5.47. The first kappa shape index (κ1) is 15.8. The molecule has 2 aromatic carbocycles. The van der Waals surface area contributed by atoms with Crippen molar-refractivity contribution >= 4 is 17.7 Å². The van der Waals surface area contributed by atoms with Crippen LogP contribution in [0.5, 0.6) is 0 Å². The van der Waals surface area contributed by atoms with E-state index in [1.807, 2.05) is 24.3 Å². The Bertz CT molecular complexity index is 824. The average Bonchev–Trinajstić information content (AvgIpc) is 3.04. The Labute approximate surface area is 148 Å². The molecule has 0 spiro atoms. The third kappa shape index (κ3) is 3.02. The minimum Gasteiger partial charge on any atom is -0.273 e. The summed E-state index contributed by atoms with van der Waals surface area (Å²) in [6.45, 7) is 1.61. The molecule has 1 aliphatic heterocycles. The third-order valence-corrected chi connectivity index (χ3v) is 5.11. The van der Waals surface area contributed by atoms with Gasteiger partial charge in [-0.2, -0.15) is 5.10 Å². The topological polar surface area (TPSA) is 32.7 Å². The van der Waals surface area contributed by atoms with Gasteiger partial charge in [-0.25, -0.2) is 5.01 Å². The number of hydrogen-bond donors (Lipinski definition) is 0. The van der Waals surface area contributed by atoms with Gasteiger partial charge in [-0.15, -0.1) is 0 Å². The molecule has 0 radical (unpaired) electrons. The Morgan fingerprint density at radius 2 is 1.76 bits per heavy atom. The molecule has 0 bridgehead atoms. The van der Waals surface area contributed by atoms with E-state index in [1.165, 1.54) is 16.7 Å². The van der Waals surface area contributed by atoms with Crippen LogP contribution in [-0.2, 0) is 4.79 Å². The van der Waals surface area contributed by atoms with Gasteiger partial charge in [0.05, 0.1) is 11.8 Å². The van der Waals surface area contributed by atoms with Crippen molar-refractivity contribution in [3.05, 3.63) is 77.4 Å². The number of hydrazone groups is 1. The second-order valence-electron chi connectivity index (χ2n) is 6.78. The second kappa shape index (κ2) is 6.67. The molecule has 1 aliphatic carbocycles. The minimum atomic E-state index is 0.00909. The molecule has 2 aliphatic rings. The van der Waals surface area contributed by atoms with Gasteiger partial charge in [0.1, 0.15) is 0 Å². The maximum atomic E-state index is 12.2. The standard InChI is InChI=1S/C22H22N2O/c1-16(25)24-22(18-11-6-3-7-12-18)20-14-8-13-19(21(20)23-24)15-17-9-4-2-5-10-17/h2-7,9-12,15,20,22H,8,13-14H2,1H3/b19-15-/t20-,22-/m1/s1. The molecule has 2 aromatic rings. The molecule has 3 nitrogen and oxygen atoms in total. The van der Waals surface area contributed by atoms with Crippen molar-refractivity contribution in [3.8, 4) is 0 Å². The number of rotatable bonds is 2. The van der Waals surface area contributed by atoms with Crippen LogP contribution in [0.25, 0.3) is 6.08 Å². The fourth-order valence-electron chi connectivity index (χ4n) is 4.00. The molecule has 1 heterocycles. The highest BCUT2D eigenvalue weighted by atomic mass is 16.2. The molecule has 25 heavy (non-hydrogen) atoms. The molecule has 2 atom stereocenters. The molecule has 0 aromatic heterocycles. The van der Waals surface area contributed by atoms with Gasteiger partial charge in [0.25, 0.3) is 0 Å². The molecule has 0 saturated heterocycles. The highest BCUT2D eigenvalue weighted by Crippen LogP contribution is 2.44. The van der Waals surface area contributed by atoms with Gasteiger partial charge in [0, 0.05) is 12.8 Å². The molecule has 1 fully saturated rings. The average molecular weight is 330 g/mol. The Kier molecular flexibility index (Phi) is 4.22. The summed E-state index contributed by atoms with van der Waals surface area (Å²) in [4.78, 5) is 12.2. The summed E-state index contributed by atoms with van der Waals surface area (Å²) < 4.78 is 0. The Morgan fingerprint density at radius 3 is 2.44 bits per heavy atom. The smallest absolute Gasteiger partial charge is 0.240 e. The summed E-state index contributed by atoms with van der Waals surface area (Å²) in [6, 6.07) is 20.7. The Morgan fingerprint density at radius 1 is 1.08 bits per heavy atom. The van der Waals surface area contributed by atoms with Gasteiger partial charge in [0.15, 0.2) is 0 Å². The largest absolute Gasteiger partial charge is 0.273 e. The van der Waals surface area contributed by atoms with Crippen molar-refractivity contribution in [1.82, 2.24) is 5.01 Å². The summed E-state index contributed by atoms with van der Waals surface area (Å²) in [7, 11) is 0. The molecule has 3 heteroatoms. The molecular formula is C22H22N2O. The number of allylic oxidation sites excluding steroid dienone is 1. The van der Waals surface area contributed by atoms with E-state index in [2.05, 4.69) is 42.5 Å². The van der Waals surface area contributed by atoms with Crippen LogP contribution in [0.1, 0.15) is 43.4 Å². The van der Waals surface area contributed by atoms with Crippen molar-refractivity contribution in [2.75, 3.05) is 0 Å². The first-order valence-corrected chi connectivity index (χ1v) is 8.93. The van der Waals surface area contributed by atoms with Crippen LogP contribution in [-0.4, -0.2) is 16.6 Å². The van der Waals surface area contributed by atoms with E-state index < -0.39 is 0 Å². The maximum Gasteiger partial charge on any atom is 0.240 e. The molecule has 0 N–H and O–H groups in total.